The third-order valence-electron chi connectivity index (χ3n) is 9.35. The molecular formula is C31H39FN8O. The van der Waals surface area contributed by atoms with E-state index in [1.54, 1.807) is 11.8 Å². The van der Waals surface area contributed by atoms with Crippen molar-refractivity contribution in [3.63, 3.8) is 0 Å². The van der Waals surface area contributed by atoms with Crippen molar-refractivity contribution in [1.29, 1.82) is 0 Å². The van der Waals surface area contributed by atoms with Crippen molar-refractivity contribution in [3.8, 4) is 11.4 Å². The number of benzene rings is 1. The number of nitrogens with zero attached hydrogens (tertiary/aromatic N) is 7. The van der Waals surface area contributed by atoms with Gasteiger partial charge >= 0.3 is 0 Å². The third-order valence-corrected chi connectivity index (χ3v) is 9.35. The number of aryl methyl sites for hydroxylation is 3. The number of anilines is 2. The first-order chi connectivity index (χ1) is 19.7. The highest BCUT2D eigenvalue weighted by molar-refractivity contribution is 5.96. The predicted molar refractivity (Wildman–Crippen MR) is 158 cm³/mol. The molecule has 0 radical (unpaired) electrons. The second-order valence-corrected chi connectivity index (χ2v) is 12.8. The highest BCUT2D eigenvalue weighted by atomic mass is 19.1. The van der Waals surface area contributed by atoms with Gasteiger partial charge in [-0.1, -0.05) is 19.9 Å². The van der Waals surface area contributed by atoms with Crippen molar-refractivity contribution < 1.29 is 9.13 Å². The van der Waals surface area contributed by atoms with Gasteiger partial charge in [0.15, 0.2) is 17.5 Å². The number of hydrogen-bond acceptors (Lipinski definition) is 7. The molecule has 4 aromatic rings. The monoisotopic (exact) mass is 558 g/mol. The molecule has 0 spiro atoms. The van der Waals surface area contributed by atoms with Crippen LogP contribution in [0.1, 0.15) is 67.2 Å². The predicted octanol–water partition coefficient (Wildman–Crippen LogP) is 5.20. The fourth-order valence-corrected chi connectivity index (χ4v) is 7.04. The molecule has 1 aliphatic carbocycles. The van der Waals surface area contributed by atoms with Crippen LogP contribution in [-0.2, 0) is 24.8 Å². The minimum atomic E-state index is -0.169. The average molecular weight is 559 g/mol. The molecule has 1 saturated carbocycles. The van der Waals surface area contributed by atoms with Crippen molar-refractivity contribution in [3.05, 3.63) is 46.2 Å². The number of hydrogen-bond donors (Lipinski definition) is 1. The van der Waals surface area contributed by atoms with E-state index in [4.69, 9.17) is 14.7 Å². The zero-order chi connectivity index (χ0) is 28.6. The molecule has 1 saturated heterocycles. The van der Waals surface area contributed by atoms with Crippen molar-refractivity contribution in [2.75, 3.05) is 36.5 Å². The number of aromatic nitrogens is 6. The van der Waals surface area contributed by atoms with Gasteiger partial charge in [0.2, 0.25) is 0 Å². The van der Waals surface area contributed by atoms with Crippen LogP contribution in [-0.4, -0.2) is 62.8 Å². The summed E-state index contributed by atoms with van der Waals surface area (Å²) in [6.45, 7) is 11.5. The highest BCUT2D eigenvalue weighted by Gasteiger charge is 2.39. The van der Waals surface area contributed by atoms with E-state index in [0.717, 1.165) is 83.0 Å². The molecule has 1 atom stereocenters. The first-order valence-corrected chi connectivity index (χ1v) is 14.8. The Balaban J connectivity index is 1.36. The first kappa shape index (κ1) is 26.4. The number of nitrogens with one attached hydrogen (secondary N) is 1. The number of aromatic amines is 1. The molecule has 3 aromatic heterocycles. The molecule has 216 valence electrons. The summed E-state index contributed by atoms with van der Waals surface area (Å²) in [5, 5.41) is 13.3. The number of rotatable bonds is 5. The van der Waals surface area contributed by atoms with Crippen molar-refractivity contribution in [1.82, 2.24) is 29.9 Å². The molecular weight excluding hydrogens is 519 g/mol. The molecule has 1 N–H and O–H groups in total. The zero-order valence-corrected chi connectivity index (χ0v) is 24.9. The summed E-state index contributed by atoms with van der Waals surface area (Å²) < 4.78 is 23.3. The lowest BCUT2D eigenvalue weighted by Crippen LogP contribution is -2.50. The van der Waals surface area contributed by atoms with E-state index in [2.05, 4.69) is 58.0 Å². The maximum atomic E-state index is 15.7. The van der Waals surface area contributed by atoms with E-state index in [-0.39, 0.29) is 23.3 Å². The lowest BCUT2D eigenvalue weighted by atomic mass is 9.81. The Hall–Kier alpha value is -3.53. The van der Waals surface area contributed by atoms with Crippen LogP contribution in [0.2, 0.25) is 0 Å². The average Bonchev–Trinajstić information content (AvgIpc) is 3.66. The molecule has 9 nitrogen and oxygen atoms in total. The van der Waals surface area contributed by atoms with E-state index in [1.807, 2.05) is 14.0 Å². The van der Waals surface area contributed by atoms with Crippen LogP contribution in [0, 0.1) is 25.1 Å². The minimum Gasteiger partial charge on any atom is -0.381 e. The summed E-state index contributed by atoms with van der Waals surface area (Å²) in [4.78, 5) is 15.1. The summed E-state index contributed by atoms with van der Waals surface area (Å²) in [5.74, 6) is 2.34. The van der Waals surface area contributed by atoms with Crippen molar-refractivity contribution >= 4 is 22.5 Å². The minimum absolute atomic E-state index is 0.0518. The maximum absolute atomic E-state index is 15.7. The highest BCUT2D eigenvalue weighted by Crippen LogP contribution is 2.44. The second kappa shape index (κ2) is 9.51. The summed E-state index contributed by atoms with van der Waals surface area (Å²) >= 11 is 0. The van der Waals surface area contributed by atoms with Crippen molar-refractivity contribution in [2.24, 2.45) is 12.5 Å². The first-order valence-electron chi connectivity index (χ1n) is 14.8. The fourth-order valence-electron chi connectivity index (χ4n) is 7.04. The zero-order valence-electron chi connectivity index (χ0n) is 24.9. The summed E-state index contributed by atoms with van der Waals surface area (Å²) in [5.41, 5.74) is 6.74. The summed E-state index contributed by atoms with van der Waals surface area (Å²) in [7, 11) is 3.66. The number of fused-ring (bicyclic) bond motifs is 2. The van der Waals surface area contributed by atoms with E-state index >= 15 is 4.39 Å². The van der Waals surface area contributed by atoms with Gasteiger partial charge in [-0.3, -0.25) is 5.10 Å². The van der Waals surface area contributed by atoms with Crippen LogP contribution in [0.25, 0.3) is 22.3 Å². The van der Waals surface area contributed by atoms with Crippen LogP contribution in [0.5, 0.6) is 0 Å². The summed E-state index contributed by atoms with van der Waals surface area (Å²) in [6, 6.07) is 4.18. The van der Waals surface area contributed by atoms with Gasteiger partial charge in [-0.15, -0.1) is 0 Å². The topological polar surface area (TPSA) is 88.0 Å². The SMILES string of the molecule is CO[C@H]1CCN(c2nc(-c3c(C)ccc4[nH]nc(C)c34)nc3c2CN(c2c(F)c(C4CC4)nn2C)CC3)CC1(C)C. The molecule has 7 rings (SSSR count). The number of halogens is 1. The van der Waals surface area contributed by atoms with Crippen LogP contribution >= 0.6 is 0 Å². The second-order valence-electron chi connectivity index (χ2n) is 12.8. The molecule has 0 bridgehead atoms. The quantitative estimate of drug-likeness (QED) is 0.360. The van der Waals surface area contributed by atoms with Crippen LogP contribution in [0.15, 0.2) is 12.1 Å². The number of H-pyrrole nitrogens is 1. The van der Waals surface area contributed by atoms with Gasteiger partial charge in [-0.25, -0.2) is 19.0 Å². The molecule has 2 fully saturated rings. The lowest BCUT2D eigenvalue weighted by Gasteiger charge is -2.45. The van der Waals surface area contributed by atoms with Gasteiger partial charge in [-0.2, -0.15) is 10.2 Å². The Morgan fingerprint density at radius 1 is 1.07 bits per heavy atom. The van der Waals surface area contributed by atoms with Crippen LogP contribution in [0.3, 0.4) is 0 Å². The Morgan fingerprint density at radius 3 is 2.61 bits per heavy atom. The van der Waals surface area contributed by atoms with Crippen LogP contribution in [0.4, 0.5) is 16.0 Å². The van der Waals surface area contributed by atoms with Gasteiger partial charge in [0.1, 0.15) is 11.5 Å². The standard InChI is InChI=1S/C31H39FN8O/c1-17-7-10-22-25(18(2)35-36-22)24(17)28-33-21-11-13-39(30-26(32)27(19-8-9-19)37-38(30)5)15-20(21)29(34-28)40-14-12-23(41-6)31(3,4)16-40/h7,10,19,23H,8-9,11-16H2,1-6H3,(H,35,36)/t23-/m0/s1. The largest absolute Gasteiger partial charge is 0.381 e. The van der Waals surface area contributed by atoms with E-state index < -0.39 is 0 Å². The lowest BCUT2D eigenvalue weighted by molar-refractivity contribution is -0.00647. The van der Waals surface area contributed by atoms with Gasteiger partial charge in [-0.05, 0) is 44.7 Å². The molecule has 0 amide bonds. The van der Waals surface area contributed by atoms with E-state index in [9.17, 15) is 0 Å². The van der Waals surface area contributed by atoms with Gasteiger partial charge in [0.25, 0.3) is 0 Å². The Morgan fingerprint density at radius 2 is 1.88 bits per heavy atom. The van der Waals surface area contributed by atoms with Gasteiger partial charge < -0.3 is 14.5 Å². The molecule has 2 aliphatic heterocycles. The number of piperidine rings is 1. The number of methoxy groups -OCH3 is 1. The third kappa shape index (κ3) is 4.29. The smallest absolute Gasteiger partial charge is 0.188 e. The molecule has 10 heteroatoms. The van der Waals surface area contributed by atoms with Crippen molar-refractivity contribution in [2.45, 2.75) is 71.9 Å². The molecule has 41 heavy (non-hydrogen) atoms. The van der Waals surface area contributed by atoms with Gasteiger partial charge in [0, 0.05) is 74.6 Å². The van der Waals surface area contributed by atoms with E-state index in [0.29, 0.717) is 31.0 Å². The maximum Gasteiger partial charge on any atom is 0.188 e. The van der Waals surface area contributed by atoms with Crippen LogP contribution < -0.4 is 9.80 Å². The van der Waals surface area contributed by atoms with E-state index in [1.165, 1.54) is 0 Å². The normalized spacial score (nSPS) is 20.6. The molecule has 3 aliphatic rings. The molecule has 1 aromatic carbocycles. The Labute approximate surface area is 240 Å². The summed E-state index contributed by atoms with van der Waals surface area (Å²) in [6.07, 6.45) is 3.84. The Bertz CT molecular complexity index is 1650. The molecule has 5 heterocycles. The Kier molecular flexibility index (Phi) is 6.12. The number of ether oxygens (including phenoxy) is 1. The molecule has 0 unspecified atom stereocenters. The van der Waals surface area contributed by atoms with Gasteiger partial charge in [0.05, 0.1) is 23.0 Å². The fraction of sp³-hybridized carbons (Fsp3) is 0.548.